The summed E-state index contributed by atoms with van der Waals surface area (Å²) in [6.45, 7) is 6.73. The summed E-state index contributed by atoms with van der Waals surface area (Å²) in [5.41, 5.74) is 5.90. The van der Waals surface area contributed by atoms with Crippen molar-refractivity contribution in [3.63, 3.8) is 0 Å². The molecule has 18 heavy (non-hydrogen) atoms. The molecule has 1 aromatic carbocycles. The van der Waals surface area contributed by atoms with Crippen molar-refractivity contribution in [3.8, 4) is 0 Å². The maximum absolute atomic E-state index is 5.75. The van der Waals surface area contributed by atoms with E-state index in [0.717, 1.165) is 0 Å². The van der Waals surface area contributed by atoms with Gasteiger partial charge in [-0.15, -0.1) is 0 Å². The van der Waals surface area contributed by atoms with Gasteiger partial charge in [-0.3, -0.25) is 11.3 Å². The van der Waals surface area contributed by atoms with Gasteiger partial charge in [-0.05, 0) is 35.1 Å². The van der Waals surface area contributed by atoms with Crippen molar-refractivity contribution < 1.29 is 0 Å². The summed E-state index contributed by atoms with van der Waals surface area (Å²) >= 11 is 2.04. The number of hydrogen-bond acceptors (Lipinski definition) is 3. The zero-order chi connectivity index (χ0) is 13.2. The third kappa shape index (κ3) is 3.08. The van der Waals surface area contributed by atoms with Crippen LogP contribution in [0.2, 0.25) is 0 Å². The van der Waals surface area contributed by atoms with E-state index in [1.54, 1.807) is 0 Å². The van der Waals surface area contributed by atoms with Crippen LogP contribution in [0.3, 0.4) is 0 Å². The van der Waals surface area contributed by atoms with Crippen LogP contribution in [0, 0.1) is 0 Å². The number of nitrogens with two attached hydrogens (primary N) is 1. The minimum absolute atomic E-state index is 0.215. The molecule has 0 aliphatic carbocycles. The first kappa shape index (κ1) is 13.9. The van der Waals surface area contributed by atoms with Crippen LogP contribution in [0.15, 0.2) is 24.3 Å². The molecule has 1 aliphatic rings. The fraction of sp³-hybridized carbons (Fsp3) is 0.600. The summed E-state index contributed by atoms with van der Waals surface area (Å²) in [6, 6.07) is 9.21. The van der Waals surface area contributed by atoms with E-state index in [-0.39, 0.29) is 11.5 Å². The van der Waals surface area contributed by atoms with Gasteiger partial charge in [0.2, 0.25) is 0 Å². The number of nitrogens with one attached hydrogen (secondary N) is 1. The molecular weight excluding hydrogens is 240 g/mol. The predicted octanol–water partition coefficient (Wildman–Crippen LogP) is 3.38. The lowest BCUT2D eigenvalue weighted by Gasteiger charge is -2.24. The number of benzene rings is 1. The summed E-state index contributed by atoms with van der Waals surface area (Å²) in [5.74, 6) is 7.01. The quantitative estimate of drug-likeness (QED) is 0.649. The van der Waals surface area contributed by atoms with Gasteiger partial charge in [0.05, 0.1) is 6.04 Å². The largest absolute Gasteiger partial charge is 0.271 e. The van der Waals surface area contributed by atoms with E-state index >= 15 is 0 Å². The standard InChI is InChI=1S/C15H24N2S/c1-15(2,3)12-8-6-11(7-9-12)14(17-16)13-5-4-10-18-13/h6-9,13-14,17H,4-5,10,16H2,1-3H3. The third-order valence-electron chi connectivity index (χ3n) is 3.65. The van der Waals surface area contributed by atoms with Gasteiger partial charge in [-0.1, -0.05) is 45.0 Å². The average molecular weight is 264 g/mol. The Labute approximate surface area is 115 Å². The minimum atomic E-state index is 0.215. The monoisotopic (exact) mass is 264 g/mol. The number of rotatable bonds is 3. The first-order valence-corrected chi connectivity index (χ1v) is 7.75. The summed E-state index contributed by atoms with van der Waals surface area (Å²) in [6.07, 6.45) is 2.58. The lowest BCUT2D eigenvalue weighted by molar-refractivity contribution is 0.519. The topological polar surface area (TPSA) is 38.0 Å². The smallest absolute Gasteiger partial charge is 0.0578 e. The maximum Gasteiger partial charge on any atom is 0.0578 e. The van der Waals surface area contributed by atoms with E-state index in [1.807, 2.05) is 11.8 Å². The van der Waals surface area contributed by atoms with Crippen molar-refractivity contribution in [2.24, 2.45) is 5.84 Å². The second-order valence-electron chi connectivity index (χ2n) is 6.07. The molecule has 2 unspecified atom stereocenters. The molecule has 3 heteroatoms. The second kappa shape index (κ2) is 5.64. The highest BCUT2D eigenvalue weighted by Gasteiger charge is 2.26. The van der Waals surface area contributed by atoms with Gasteiger partial charge >= 0.3 is 0 Å². The predicted molar refractivity (Wildman–Crippen MR) is 80.7 cm³/mol. The Kier molecular flexibility index (Phi) is 4.36. The molecule has 0 amide bonds. The fourth-order valence-electron chi connectivity index (χ4n) is 2.47. The molecule has 1 aliphatic heterocycles. The highest BCUT2D eigenvalue weighted by Crippen LogP contribution is 2.36. The first-order valence-electron chi connectivity index (χ1n) is 6.70. The van der Waals surface area contributed by atoms with Crippen molar-refractivity contribution in [3.05, 3.63) is 35.4 Å². The maximum atomic E-state index is 5.75. The van der Waals surface area contributed by atoms with Gasteiger partial charge in [0.25, 0.3) is 0 Å². The van der Waals surface area contributed by atoms with Gasteiger partial charge in [0.1, 0.15) is 0 Å². The van der Waals surface area contributed by atoms with Crippen molar-refractivity contribution in [1.29, 1.82) is 0 Å². The molecule has 0 saturated carbocycles. The molecule has 1 aromatic rings. The van der Waals surface area contributed by atoms with Crippen LogP contribution >= 0.6 is 11.8 Å². The molecule has 0 radical (unpaired) electrons. The summed E-state index contributed by atoms with van der Waals surface area (Å²) in [4.78, 5) is 0. The minimum Gasteiger partial charge on any atom is -0.271 e. The van der Waals surface area contributed by atoms with Crippen LogP contribution in [-0.4, -0.2) is 11.0 Å². The van der Waals surface area contributed by atoms with Crippen molar-refractivity contribution in [2.75, 3.05) is 5.75 Å². The summed E-state index contributed by atoms with van der Waals surface area (Å²) in [5, 5.41) is 0.621. The van der Waals surface area contributed by atoms with Crippen molar-refractivity contribution >= 4 is 11.8 Å². The van der Waals surface area contributed by atoms with Gasteiger partial charge in [-0.25, -0.2) is 0 Å². The average Bonchev–Trinajstić information content (AvgIpc) is 2.83. The molecule has 0 aromatic heterocycles. The Bertz CT molecular complexity index is 374. The molecule has 3 N–H and O–H groups in total. The van der Waals surface area contributed by atoms with Gasteiger partial charge in [0, 0.05) is 5.25 Å². The molecule has 0 spiro atoms. The van der Waals surface area contributed by atoms with E-state index in [0.29, 0.717) is 5.25 Å². The molecule has 1 heterocycles. The summed E-state index contributed by atoms with van der Waals surface area (Å²) in [7, 11) is 0. The van der Waals surface area contributed by atoms with E-state index in [4.69, 9.17) is 5.84 Å². The van der Waals surface area contributed by atoms with Crippen LogP contribution in [-0.2, 0) is 5.41 Å². The Balaban J connectivity index is 2.16. The van der Waals surface area contributed by atoms with Gasteiger partial charge in [0.15, 0.2) is 0 Å². The number of thioether (sulfide) groups is 1. The van der Waals surface area contributed by atoms with Crippen LogP contribution in [0.5, 0.6) is 0 Å². The molecule has 2 atom stereocenters. The Morgan fingerprint density at radius 2 is 1.94 bits per heavy atom. The highest BCUT2D eigenvalue weighted by molar-refractivity contribution is 8.00. The van der Waals surface area contributed by atoms with E-state index in [1.165, 1.54) is 29.7 Å². The second-order valence-corrected chi connectivity index (χ2v) is 7.41. The molecule has 2 rings (SSSR count). The zero-order valence-electron chi connectivity index (χ0n) is 11.6. The van der Waals surface area contributed by atoms with E-state index in [2.05, 4.69) is 50.5 Å². The highest BCUT2D eigenvalue weighted by atomic mass is 32.2. The zero-order valence-corrected chi connectivity index (χ0v) is 12.4. The SMILES string of the molecule is CC(C)(C)c1ccc(C(NN)C2CCCS2)cc1. The van der Waals surface area contributed by atoms with Gasteiger partial charge in [-0.2, -0.15) is 11.8 Å². The third-order valence-corrected chi connectivity index (χ3v) is 5.11. The van der Waals surface area contributed by atoms with Crippen molar-refractivity contribution in [2.45, 2.75) is 50.3 Å². The van der Waals surface area contributed by atoms with Crippen molar-refractivity contribution in [1.82, 2.24) is 5.43 Å². The molecule has 100 valence electrons. The molecule has 2 nitrogen and oxygen atoms in total. The van der Waals surface area contributed by atoms with Crippen LogP contribution in [0.25, 0.3) is 0 Å². The Morgan fingerprint density at radius 3 is 2.39 bits per heavy atom. The fourth-order valence-corrected chi connectivity index (χ4v) is 3.87. The molecule has 1 saturated heterocycles. The van der Waals surface area contributed by atoms with E-state index < -0.39 is 0 Å². The van der Waals surface area contributed by atoms with Crippen LogP contribution in [0.1, 0.15) is 50.8 Å². The first-order chi connectivity index (χ1) is 8.52. The molecule has 1 fully saturated rings. The Morgan fingerprint density at radius 1 is 1.28 bits per heavy atom. The van der Waals surface area contributed by atoms with Crippen LogP contribution in [0.4, 0.5) is 0 Å². The van der Waals surface area contributed by atoms with E-state index in [9.17, 15) is 0 Å². The van der Waals surface area contributed by atoms with Gasteiger partial charge < -0.3 is 0 Å². The Hall–Kier alpha value is -0.510. The summed E-state index contributed by atoms with van der Waals surface area (Å²) < 4.78 is 0. The number of hydrazine groups is 1. The lowest BCUT2D eigenvalue weighted by Crippen LogP contribution is -2.34. The number of hydrogen-bond donors (Lipinski definition) is 2. The lowest BCUT2D eigenvalue weighted by atomic mass is 9.86. The molecular formula is C15H24N2S. The van der Waals surface area contributed by atoms with Crippen LogP contribution < -0.4 is 11.3 Å². The normalized spacial score (nSPS) is 22.1. The molecule has 0 bridgehead atoms.